The van der Waals surface area contributed by atoms with Crippen molar-refractivity contribution in [2.24, 2.45) is 5.92 Å². The first kappa shape index (κ1) is 12.8. The molecule has 1 saturated carbocycles. The number of carboxylic acids is 1. The number of alkyl halides is 3. The van der Waals surface area contributed by atoms with Crippen LogP contribution in [-0.2, 0) is 9.59 Å². The molecular weight excluding hydrogens is 227 g/mol. The van der Waals surface area contributed by atoms with Crippen molar-refractivity contribution < 1.29 is 27.9 Å². The van der Waals surface area contributed by atoms with E-state index in [9.17, 15) is 22.8 Å². The molecule has 0 aliphatic heterocycles. The van der Waals surface area contributed by atoms with Gasteiger partial charge < -0.3 is 10.4 Å². The lowest BCUT2D eigenvalue weighted by Crippen LogP contribution is -2.56. The smallest absolute Gasteiger partial charge is 0.391 e. The maximum absolute atomic E-state index is 12.5. The molecule has 7 heteroatoms. The molecule has 0 radical (unpaired) electrons. The highest BCUT2D eigenvalue weighted by atomic mass is 19.4. The van der Waals surface area contributed by atoms with Gasteiger partial charge in [-0.2, -0.15) is 13.2 Å². The van der Waals surface area contributed by atoms with Crippen molar-refractivity contribution in [3.05, 3.63) is 0 Å². The second kappa shape index (κ2) is 4.31. The van der Waals surface area contributed by atoms with Crippen molar-refractivity contribution in [1.29, 1.82) is 0 Å². The molecule has 16 heavy (non-hydrogen) atoms. The van der Waals surface area contributed by atoms with Crippen LogP contribution in [0.4, 0.5) is 13.2 Å². The lowest BCUT2D eigenvalue weighted by atomic mass is 9.75. The van der Waals surface area contributed by atoms with Crippen molar-refractivity contribution in [1.82, 2.24) is 5.32 Å². The summed E-state index contributed by atoms with van der Waals surface area (Å²) in [6.07, 6.45) is -4.77. The van der Waals surface area contributed by atoms with Crippen molar-refractivity contribution >= 4 is 12.4 Å². The van der Waals surface area contributed by atoms with Crippen LogP contribution in [0.15, 0.2) is 0 Å². The first-order valence-electron chi connectivity index (χ1n) is 4.83. The number of carboxylic acid groups (broad SMARTS) is 1. The maximum atomic E-state index is 12.5. The summed E-state index contributed by atoms with van der Waals surface area (Å²) in [5, 5.41) is 10.9. The highest BCUT2D eigenvalue weighted by Crippen LogP contribution is 2.41. The molecule has 0 spiro atoms. The van der Waals surface area contributed by atoms with Gasteiger partial charge in [-0.15, -0.1) is 0 Å². The van der Waals surface area contributed by atoms with E-state index in [-0.39, 0.29) is 25.7 Å². The average Bonchev–Trinajstić information content (AvgIpc) is 2.17. The lowest BCUT2D eigenvalue weighted by molar-refractivity contribution is -0.191. The van der Waals surface area contributed by atoms with E-state index in [1.54, 1.807) is 0 Å². The van der Waals surface area contributed by atoms with Gasteiger partial charge in [0.1, 0.15) is 5.54 Å². The minimum atomic E-state index is -4.41. The highest BCUT2D eigenvalue weighted by molar-refractivity contribution is 5.81. The molecule has 2 unspecified atom stereocenters. The Morgan fingerprint density at radius 2 is 2.12 bits per heavy atom. The van der Waals surface area contributed by atoms with Gasteiger partial charge in [0.15, 0.2) is 0 Å². The Labute approximate surface area is 89.8 Å². The van der Waals surface area contributed by atoms with Gasteiger partial charge in [0.2, 0.25) is 6.41 Å². The van der Waals surface area contributed by atoms with Crippen molar-refractivity contribution in [2.75, 3.05) is 0 Å². The number of rotatable bonds is 3. The fourth-order valence-corrected chi connectivity index (χ4v) is 2.05. The molecule has 1 rings (SSSR count). The minimum Gasteiger partial charge on any atom is -0.480 e. The van der Waals surface area contributed by atoms with Gasteiger partial charge in [0.25, 0.3) is 0 Å². The molecule has 1 aliphatic carbocycles. The normalized spacial score (nSPS) is 30.8. The molecule has 0 aromatic heterocycles. The molecule has 1 amide bonds. The summed E-state index contributed by atoms with van der Waals surface area (Å²) in [6, 6.07) is 0. The van der Waals surface area contributed by atoms with E-state index in [2.05, 4.69) is 0 Å². The molecular formula is C9H12F3NO3. The second-order valence-electron chi connectivity index (χ2n) is 3.98. The Morgan fingerprint density at radius 1 is 1.50 bits per heavy atom. The largest absolute Gasteiger partial charge is 0.480 e. The summed E-state index contributed by atoms with van der Waals surface area (Å²) in [6.45, 7) is 0. The van der Waals surface area contributed by atoms with Gasteiger partial charge in [-0.3, -0.25) is 4.79 Å². The van der Waals surface area contributed by atoms with Crippen LogP contribution in [0.2, 0.25) is 0 Å². The molecule has 1 aliphatic rings. The Kier molecular flexibility index (Phi) is 3.44. The van der Waals surface area contributed by atoms with Gasteiger partial charge in [0.05, 0.1) is 5.92 Å². The first-order chi connectivity index (χ1) is 7.32. The Morgan fingerprint density at radius 3 is 2.56 bits per heavy atom. The average molecular weight is 239 g/mol. The molecule has 1 fully saturated rings. The summed E-state index contributed by atoms with van der Waals surface area (Å²) in [5.74, 6) is -3.07. The number of aliphatic carboxylic acids is 1. The molecule has 0 aromatic carbocycles. The summed E-state index contributed by atoms with van der Waals surface area (Å²) < 4.78 is 37.4. The van der Waals surface area contributed by atoms with Gasteiger partial charge in [-0.1, -0.05) is 0 Å². The van der Waals surface area contributed by atoms with E-state index in [1.807, 2.05) is 5.32 Å². The third kappa shape index (κ3) is 2.45. The zero-order valence-corrected chi connectivity index (χ0v) is 8.38. The SMILES string of the molecule is O=CNC1(C(=O)O)CCCC(C(F)(F)F)C1. The van der Waals surface area contributed by atoms with Crippen LogP contribution in [-0.4, -0.2) is 29.2 Å². The summed E-state index contributed by atoms with van der Waals surface area (Å²) in [7, 11) is 0. The fraction of sp³-hybridized carbons (Fsp3) is 0.778. The number of hydrogen-bond acceptors (Lipinski definition) is 2. The summed E-state index contributed by atoms with van der Waals surface area (Å²) in [5.41, 5.74) is -1.76. The standard InChI is InChI=1S/C9H12F3NO3/c10-9(11,12)6-2-1-3-8(4-6,7(15)16)13-5-14/h5-6H,1-4H2,(H,13,14)(H,15,16). The van der Waals surface area contributed by atoms with E-state index in [0.717, 1.165) is 0 Å². The minimum absolute atomic E-state index is 0.0354. The van der Waals surface area contributed by atoms with E-state index >= 15 is 0 Å². The topological polar surface area (TPSA) is 66.4 Å². The number of halogens is 3. The highest BCUT2D eigenvalue weighted by Gasteiger charge is 2.51. The van der Waals surface area contributed by atoms with Crippen molar-refractivity contribution in [3.63, 3.8) is 0 Å². The van der Waals surface area contributed by atoms with Crippen LogP contribution in [0.5, 0.6) is 0 Å². The van der Waals surface area contributed by atoms with Crippen molar-refractivity contribution in [2.45, 2.75) is 37.4 Å². The molecule has 4 nitrogen and oxygen atoms in total. The molecule has 0 saturated heterocycles. The third-order valence-electron chi connectivity index (χ3n) is 2.96. The molecule has 0 bridgehead atoms. The molecule has 0 heterocycles. The van der Waals surface area contributed by atoms with Crippen molar-refractivity contribution in [3.8, 4) is 0 Å². The third-order valence-corrected chi connectivity index (χ3v) is 2.96. The van der Waals surface area contributed by atoms with Gasteiger partial charge in [-0.25, -0.2) is 4.79 Å². The number of carbonyl (C=O) groups is 2. The predicted octanol–water partition coefficient (Wildman–Crippen LogP) is 1.31. The molecule has 0 aromatic rings. The monoisotopic (exact) mass is 239 g/mol. The lowest BCUT2D eigenvalue weighted by Gasteiger charge is -2.37. The van der Waals surface area contributed by atoms with Gasteiger partial charge in [0, 0.05) is 0 Å². The molecule has 2 atom stereocenters. The fourth-order valence-electron chi connectivity index (χ4n) is 2.05. The summed E-state index contributed by atoms with van der Waals surface area (Å²) >= 11 is 0. The number of hydrogen-bond donors (Lipinski definition) is 2. The zero-order chi connectivity index (χ0) is 12.4. The summed E-state index contributed by atoms with van der Waals surface area (Å²) in [4.78, 5) is 21.2. The quantitative estimate of drug-likeness (QED) is 0.730. The number of carbonyl (C=O) groups excluding carboxylic acids is 1. The first-order valence-corrected chi connectivity index (χ1v) is 4.83. The Bertz CT molecular complexity index is 292. The van der Waals surface area contributed by atoms with E-state index in [0.29, 0.717) is 0 Å². The number of amides is 1. The van der Waals surface area contributed by atoms with E-state index in [1.165, 1.54) is 0 Å². The maximum Gasteiger partial charge on any atom is 0.391 e. The van der Waals surface area contributed by atoms with Gasteiger partial charge in [-0.05, 0) is 25.7 Å². The zero-order valence-electron chi connectivity index (χ0n) is 8.38. The van der Waals surface area contributed by atoms with Crippen LogP contribution in [0.25, 0.3) is 0 Å². The predicted molar refractivity (Wildman–Crippen MR) is 47.6 cm³/mol. The Hall–Kier alpha value is -1.27. The van der Waals surface area contributed by atoms with Crippen LogP contribution in [0.1, 0.15) is 25.7 Å². The molecule has 2 N–H and O–H groups in total. The van der Waals surface area contributed by atoms with Crippen LogP contribution in [0, 0.1) is 5.92 Å². The van der Waals surface area contributed by atoms with E-state index < -0.39 is 30.0 Å². The molecule has 92 valence electrons. The van der Waals surface area contributed by atoms with Crippen LogP contribution >= 0.6 is 0 Å². The van der Waals surface area contributed by atoms with Crippen LogP contribution in [0.3, 0.4) is 0 Å². The van der Waals surface area contributed by atoms with E-state index in [4.69, 9.17) is 5.11 Å². The second-order valence-corrected chi connectivity index (χ2v) is 3.98. The van der Waals surface area contributed by atoms with Gasteiger partial charge >= 0.3 is 12.1 Å². The Balaban J connectivity index is 2.87. The van der Waals surface area contributed by atoms with Crippen LogP contribution < -0.4 is 5.32 Å². The number of nitrogens with one attached hydrogen (secondary N) is 1.